The molecule has 31 heavy (non-hydrogen) atoms. The van der Waals surface area contributed by atoms with Crippen LogP contribution in [0.25, 0.3) is 0 Å². The maximum atomic E-state index is 12.3. The zero-order valence-corrected chi connectivity index (χ0v) is 20.5. The second kappa shape index (κ2) is 8.96. The van der Waals surface area contributed by atoms with E-state index < -0.39 is 22.2 Å². The number of nitrogens with zero attached hydrogens (tertiary/aromatic N) is 2. The first kappa shape index (κ1) is 26.0. The van der Waals surface area contributed by atoms with Crippen molar-refractivity contribution in [2.24, 2.45) is 0 Å². The summed E-state index contributed by atoms with van der Waals surface area (Å²) in [4.78, 5) is 24.6. The van der Waals surface area contributed by atoms with Crippen molar-refractivity contribution in [2.45, 2.75) is 135 Å². The van der Waals surface area contributed by atoms with Crippen LogP contribution in [-0.4, -0.2) is 66.8 Å². The number of piperidine rings is 2. The molecule has 0 aromatic heterocycles. The van der Waals surface area contributed by atoms with E-state index in [1.807, 2.05) is 55.4 Å². The van der Waals surface area contributed by atoms with Gasteiger partial charge < -0.3 is 19.9 Å². The topological polar surface area (TPSA) is 99.5 Å². The molecular weight excluding hydrogens is 400 g/mol. The Morgan fingerprint density at radius 3 is 1.19 bits per heavy atom. The van der Waals surface area contributed by atoms with E-state index in [1.165, 1.54) is 10.1 Å². The van der Waals surface area contributed by atoms with Crippen molar-refractivity contribution in [3.63, 3.8) is 0 Å². The van der Waals surface area contributed by atoms with Crippen molar-refractivity contribution < 1.29 is 29.5 Å². The predicted molar refractivity (Wildman–Crippen MR) is 116 cm³/mol. The first-order chi connectivity index (χ1) is 14.0. The average molecular weight is 443 g/mol. The summed E-state index contributed by atoms with van der Waals surface area (Å²) in [7, 11) is 0. The predicted octanol–water partition coefficient (Wildman–Crippen LogP) is 4.06. The molecule has 0 aromatic carbocycles. The highest BCUT2D eigenvalue weighted by Crippen LogP contribution is 2.39. The Morgan fingerprint density at radius 2 is 0.935 bits per heavy atom. The second-order valence-corrected chi connectivity index (χ2v) is 11.8. The van der Waals surface area contributed by atoms with Crippen LogP contribution in [0.5, 0.6) is 0 Å². The number of carbonyl (C=O) groups excluding carboxylic acids is 2. The molecule has 2 aliphatic rings. The van der Waals surface area contributed by atoms with Gasteiger partial charge in [0.15, 0.2) is 0 Å². The molecule has 8 nitrogen and oxygen atoms in total. The smallest absolute Gasteiger partial charge is 0.306 e. The Kier molecular flexibility index (Phi) is 7.53. The third kappa shape index (κ3) is 6.40. The quantitative estimate of drug-likeness (QED) is 0.594. The van der Waals surface area contributed by atoms with E-state index in [2.05, 4.69) is 0 Å². The molecule has 0 spiro atoms. The molecule has 0 saturated carbocycles. The second-order valence-electron chi connectivity index (χ2n) is 11.8. The van der Waals surface area contributed by atoms with Crippen LogP contribution in [-0.2, 0) is 19.1 Å². The van der Waals surface area contributed by atoms with Gasteiger partial charge in [0, 0.05) is 60.7 Å². The molecule has 180 valence electrons. The Labute approximate surface area is 186 Å². The lowest BCUT2D eigenvalue weighted by atomic mass is 9.80. The van der Waals surface area contributed by atoms with Gasteiger partial charge in [0.05, 0.1) is 0 Å². The standard InChI is InChI=1S/C23H42N2O6/c1-20(2)12-16(13-21(3,4)24(20)28)30-18(26)10-9-11-19(27)31-17-14-22(5,6)25(29)23(7,8)15-17/h16-17,28-29H,9-15H2,1-8H3. The van der Waals surface area contributed by atoms with Gasteiger partial charge in [-0.2, -0.15) is 10.1 Å². The molecule has 2 rings (SSSR count). The Hall–Kier alpha value is -1.22. The van der Waals surface area contributed by atoms with Gasteiger partial charge in [-0.3, -0.25) is 9.59 Å². The molecule has 2 heterocycles. The largest absolute Gasteiger partial charge is 0.462 e. The highest BCUT2D eigenvalue weighted by atomic mass is 16.6. The number of carbonyl (C=O) groups is 2. The molecule has 2 fully saturated rings. The monoisotopic (exact) mass is 442 g/mol. The first-order valence-corrected chi connectivity index (χ1v) is 11.3. The summed E-state index contributed by atoms with van der Waals surface area (Å²) in [5, 5.41) is 23.4. The van der Waals surface area contributed by atoms with Crippen LogP contribution in [0.1, 0.15) is 100 Å². The summed E-state index contributed by atoms with van der Waals surface area (Å²) < 4.78 is 11.3. The van der Waals surface area contributed by atoms with Crippen molar-refractivity contribution in [2.75, 3.05) is 0 Å². The average Bonchev–Trinajstić information content (AvgIpc) is 2.56. The molecular formula is C23H42N2O6. The molecule has 2 N–H and O–H groups in total. The molecule has 0 unspecified atom stereocenters. The summed E-state index contributed by atoms with van der Waals surface area (Å²) in [5.41, 5.74) is -1.94. The normalized spacial score (nSPS) is 26.4. The number of ether oxygens (including phenoxy) is 2. The highest BCUT2D eigenvalue weighted by Gasteiger charge is 2.47. The van der Waals surface area contributed by atoms with E-state index in [0.29, 0.717) is 32.1 Å². The van der Waals surface area contributed by atoms with E-state index in [9.17, 15) is 20.0 Å². The summed E-state index contributed by atoms with van der Waals surface area (Å²) in [6, 6.07) is 0. The minimum Gasteiger partial charge on any atom is -0.462 e. The van der Waals surface area contributed by atoms with Gasteiger partial charge in [-0.15, -0.1) is 0 Å². The molecule has 2 saturated heterocycles. The van der Waals surface area contributed by atoms with Crippen molar-refractivity contribution in [3.8, 4) is 0 Å². The Bertz CT molecular complexity index is 581. The zero-order chi connectivity index (χ0) is 23.8. The van der Waals surface area contributed by atoms with E-state index in [1.54, 1.807) is 0 Å². The summed E-state index contributed by atoms with van der Waals surface area (Å²) in [6.07, 6.45) is 2.36. The zero-order valence-electron chi connectivity index (χ0n) is 20.5. The van der Waals surface area contributed by atoms with Crippen LogP contribution in [0.15, 0.2) is 0 Å². The van der Waals surface area contributed by atoms with E-state index in [4.69, 9.17) is 9.47 Å². The maximum absolute atomic E-state index is 12.3. The van der Waals surface area contributed by atoms with Gasteiger partial charge in [0.1, 0.15) is 12.2 Å². The molecule has 0 aromatic rings. The molecule has 2 aliphatic heterocycles. The fraction of sp³-hybridized carbons (Fsp3) is 0.913. The lowest BCUT2D eigenvalue weighted by Crippen LogP contribution is -2.60. The van der Waals surface area contributed by atoms with Gasteiger partial charge in [0.2, 0.25) is 0 Å². The van der Waals surface area contributed by atoms with Crippen molar-refractivity contribution >= 4 is 11.9 Å². The minimum atomic E-state index is -0.484. The van der Waals surface area contributed by atoms with Crippen molar-refractivity contribution in [3.05, 3.63) is 0 Å². The van der Waals surface area contributed by atoms with Crippen LogP contribution in [0.3, 0.4) is 0 Å². The summed E-state index contributed by atoms with van der Waals surface area (Å²) >= 11 is 0. The third-order valence-corrected chi connectivity index (χ3v) is 6.56. The third-order valence-electron chi connectivity index (χ3n) is 6.56. The lowest BCUT2D eigenvalue weighted by Gasteiger charge is -2.50. The molecule has 0 atom stereocenters. The van der Waals surface area contributed by atoms with E-state index in [0.717, 1.165) is 0 Å². The van der Waals surface area contributed by atoms with E-state index in [-0.39, 0.29) is 37.0 Å². The number of hydrogen-bond donors (Lipinski definition) is 2. The number of rotatable bonds is 6. The number of esters is 2. The minimum absolute atomic E-state index is 0.154. The number of hydroxylamine groups is 4. The molecule has 0 bridgehead atoms. The fourth-order valence-corrected chi connectivity index (χ4v) is 5.39. The Balaban J connectivity index is 1.77. The lowest BCUT2D eigenvalue weighted by molar-refractivity contribution is -0.259. The molecule has 0 amide bonds. The molecule has 0 aliphatic carbocycles. The maximum Gasteiger partial charge on any atom is 0.306 e. The summed E-state index contributed by atoms with van der Waals surface area (Å²) in [6.45, 7) is 15.4. The van der Waals surface area contributed by atoms with Crippen LogP contribution < -0.4 is 0 Å². The van der Waals surface area contributed by atoms with Gasteiger partial charge in [-0.05, 0) is 61.8 Å². The van der Waals surface area contributed by atoms with Gasteiger partial charge in [-0.1, -0.05) is 0 Å². The van der Waals surface area contributed by atoms with Crippen LogP contribution in [0.4, 0.5) is 0 Å². The fourth-order valence-electron chi connectivity index (χ4n) is 5.39. The van der Waals surface area contributed by atoms with Gasteiger partial charge >= 0.3 is 11.9 Å². The molecule has 8 heteroatoms. The van der Waals surface area contributed by atoms with E-state index >= 15 is 0 Å². The van der Waals surface area contributed by atoms with Crippen LogP contribution in [0, 0.1) is 0 Å². The summed E-state index contributed by atoms with van der Waals surface area (Å²) in [5.74, 6) is -0.654. The molecule has 0 radical (unpaired) electrons. The van der Waals surface area contributed by atoms with Gasteiger partial charge in [0.25, 0.3) is 0 Å². The van der Waals surface area contributed by atoms with Gasteiger partial charge in [-0.25, -0.2) is 0 Å². The van der Waals surface area contributed by atoms with Crippen molar-refractivity contribution in [1.29, 1.82) is 0 Å². The van der Waals surface area contributed by atoms with Crippen LogP contribution in [0.2, 0.25) is 0 Å². The van der Waals surface area contributed by atoms with Crippen molar-refractivity contribution in [1.82, 2.24) is 10.1 Å². The first-order valence-electron chi connectivity index (χ1n) is 11.3. The van der Waals surface area contributed by atoms with Crippen LogP contribution >= 0.6 is 0 Å². The number of hydrogen-bond acceptors (Lipinski definition) is 8. The highest BCUT2D eigenvalue weighted by molar-refractivity contribution is 5.72. The Morgan fingerprint density at radius 1 is 0.677 bits per heavy atom. The SMILES string of the molecule is CC1(C)CC(OC(=O)CCCC(=O)OC2CC(C)(C)N(O)C(C)(C)C2)CC(C)(C)N1O.